The van der Waals surface area contributed by atoms with Crippen molar-refractivity contribution in [3.8, 4) is 10.6 Å². The average molecular weight is 272 g/mol. The third-order valence-electron chi connectivity index (χ3n) is 4.10. The maximum absolute atomic E-state index is 4.43. The van der Waals surface area contributed by atoms with Gasteiger partial charge in [0.25, 0.3) is 0 Å². The number of aryl methyl sites for hydroxylation is 1. The molecule has 0 saturated heterocycles. The topological polar surface area (TPSA) is 25.8 Å². The van der Waals surface area contributed by atoms with E-state index in [1.165, 1.54) is 41.8 Å². The second kappa shape index (κ2) is 5.41. The zero-order valence-corrected chi connectivity index (χ0v) is 12.4. The molecule has 1 aromatic carbocycles. The van der Waals surface area contributed by atoms with E-state index in [0.29, 0.717) is 5.92 Å². The van der Waals surface area contributed by atoms with Crippen molar-refractivity contribution in [3.63, 3.8) is 0 Å². The number of nitrogens with zero attached hydrogens (tertiary/aromatic N) is 2. The van der Waals surface area contributed by atoms with Gasteiger partial charge in [-0.05, 0) is 25.7 Å². The summed E-state index contributed by atoms with van der Waals surface area (Å²) in [6.07, 6.45) is 5.24. The first-order valence-electron chi connectivity index (χ1n) is 7.13. The number of hydrogen-bond acceptors (Lipinski definition) is 3. The fourth-order valence-electron chi connectivity index (χ4n) is 2.72. The van der Waals surface area contributed by atoms with E-state index in [1.807, 2.05) is 0 Å². The Balaban J connectivity index is 1.77. The lowest BCUT2D eigenvalue weighted by molar-refractivity contribution is 0.346. The van der Waals surface area contributed by atoms with Gasteiger partial charge in [-0.3, -0.25) is 0 Å². The van der Waals surface area contributed by atoms with E-state index in [0.717, 1.165) is 10.9 Å². The molecule has 1 heterocycles. The molecule has 3 heteroatoms. The second-order valence-corrected chi connectivity index (χ2v) is 6.78. The van der Waals surface area contributed by atoms with Gasteiger partial charge in [0.1, 0.15) is 10.0 Å². The van der Waals surface area contributed by atoms with Crippen LogP contribution in [-0.2, 0) is 0 Å². The van der Waals surface area contributed by atoms with Crippen LogP contribution in [0.1, 0.15) is 49.1 Å². The molecule has 0 radical (unpaired) electrons. The van der Waals surface area contributed by atoms with Gasteiger partial charge in [0, 0.05) is 11.5 Å². The van der Waals surface area contributed by atoms with Gasteiger partial charge in [-0.15, -0.1) is 10.2 Å². The Morgan fingerprint density at radius 2 is 1.68 bits per heavy atom. The standard InChI is InChI=1S/C16H20N2S/c1-11-3-7-13(8-4-11)15-17-18-16(19-15)14-9-5-12(2)6-10-14/h3-4,7-8,12,14H,5-6,9-10H2,1-2H3. The minimum atomic E-state index is 0.646. The summed E-state index contributed by atoms with van der Waals surface area (Å²) in [5.41, 5.74) is 2.48. The van der Waals surface area contributed by atoms with Crippen LogP contribution < -0.4 is 0 Å². The molecule has 0 unspecified atom stereocenters. The van der Waals surface area contributed by atoms with E-state index in [4.69, 9.17) is 0 Å². The Bertz CT molecular complexity index is 536. The number of rotatable bonds is 2. The van der Waals surface area contributed by atoms with Gasteiger partial charge in [0.15, 0.2) is 0 Å². The van der Waals surface area contributed by atoms with Gasteiger partial charge >= 0.3 is 0 Å². The zero-order chi connectivity index (χ0) is 13.2. The molecular formula is C16H20N2S. The van der Waals surface area contributed by atoms with Crippen LogP contribution in [0.2, 0.25) is 0 Å². The van der Waals surface area contributed by atoms with Crippen molar-refractivity contribution in [2.75, 3.05) is 0 Å². The number of hydrogen-bond donors (Lipinski definition) is 0. The maximum atomic E-state index is 4.43. The van der Waals surface area contributed by atoms with Crippen molar-refractivity contribution < 1.29 is 0 Å². The van der Waals surface area contributed by atoms with E-state index in [-0.39, 0.29) is 0 Å². The van der Waals surface area contributed by atoms with Crippen LogP contribution in [0.5, 0.6) is 0 Å². The molecule has 0 amide bonds. The lowest BCUT2D eigenvalue weighted by atomic mass is 9.83. The van der Waals surface area contributed by atoms with E-state index >= 15 is 0 Å². The highest BCUT2D eigenvalue weighted by molar-refractivity contribution is 7.14. The van der Waals surface area contributed by atoms with Gasteiger partial charge in [-0.25, -0.2) is 0 Å². The lowest BCUT2D eigenvalue weighted by Gasteiger charge is -2.23. The molecule has 3 rings (SSSR count). The third kappa shape index (κ3) is 2.86. The summed E-state index contributed by atoms with van der Waals surface area (Å²) in [5, 5.41) is 11.1. The van der Waals surface area contributed by atoms with Gasteiger partial charge < -0.3 is 0 Å². The molecular weight excluding hydrogens is 252 g/mol. The van der Waals surface area contributed by atoms with E-state index < -0.39 is 0 Å². The van der Waals surface area contributed by atoms with Gasteiger partial charge in [0.2, 0.25) is 0 Å². The van der Waals surface area contributed by atoms with E-state index in [1.54, 1.807) is 11.3 Å². The van der Waals surface area contributed by atoms with E-state index in [2.05, 4.69) is 48.3 Å². The van der Waals surface area contributed by atoms with Crippen LogP contribution in [-0.4, -0.2) is 10.2 Å². The molecule has 1 aliphatic rings. The highest BCUT2D eigenvalue weighted by Crippen LogP contribution is 2.38. The van der Waals surface area contributed by atoms with Crippen molar-refractivity contribution in [2.45, 2.75) is 45.4 Å². The molecule has 1 aliphatic carbocycles. The van der Waals surface area contributed by atoms with Crippen LogP contribution in [0.25, 0.3) is 10.6 Å². The Morgan fingerprint density at radius 3 is 2.37 bits per heavy atom. The average Bonchev–Trinajstić information content (AvgIpc) is 2.90. The summed E-state index contributed by atoms with van der Waals surface area (Å²) in [6, 6.07) is 8.56. The van der Waals surface area contributed by atoms with Crippen molar-refractivity contribution in [2.24, 2.45) is 5.92 Å². The highest BCUT2D eigenvalue weighted by Gasteiger charge is 2.23. The molecule has 2 nitrogen and oxygen atoms in total. The molecule has 1 saturated carbocycles. The monoisotopic (exact) mass is 272 g/mol. The molecule has 100 valence electrons. The van der Waals surface area contributed by atoms with Crippen LogP contribution in [0, 0.1) is 12.8 Å². The summed E-state index contributed by atoms with van der Waals surface area (Å²) in [6.45, 7) is 4.46. The quantitative estimate of drug-likeness (QED) is 0.784. The Labute approximate surface area is 118 Å². The van der Waals surface area contributed by atoms with Crippen molar-refractivity contribution in [3.05, 3.63) is 34.8 Å². The first-order chi connectivity index (χ1) is 9.22. The fourth-order valence-corrected chi connectivity index (χ4v) is 3.74. The van der Waals surface area contributed by atoms with Crippen LogP contribution in [0.3, 0.4) is 0 Å². The molecule has 1 fully saturated rings. The minimum absolute atomic E-state index is 0.646. The van der Waals surface area contributed by atoms with Crippen molar-refractivity contribution in [1.29, 1.82) is 0 Å². The SMILES string of the molecule is Cc1ccc(-c2nnc(C3CCC(C)CC3)s2)cc1. The number of aromatic nitrogens is 2. The summed E-state index contributed by atoms with van der Waals surface area (Å²) in [4.78, 5) is 0. The zero-order valence-electron chi connectivity index (χ0n) is 11.6. The molecule has 0 bridgehead atoms. The van der Waals surface area contributed by atoms with E-state index in [9.17, 15) is 0 Å². The molecule has 1 aromatic heterocycles. The first-order valence-corrected chi connectivity index (χ1v) is 7.94. The van der Waals surface area contributed by atoms with Crippen molar-refractivity contribution >= 4 is 11.3 Å². The van der Waals surface area contributed by atoms with Gasteiger partial charge in [0.05, 0.1) is 0 Å². The molecule has 0 spiro atoms. The summed E-state index contributed by atoms with van der Waals surface area (Å²) in [5.74, 6) is 1.54. The predicted octanol–water partition coefficient (Wildman–Crippen LogP) is 4.81. The number of benzene rings is 1. The predicted molar refractivity (Wildman–Crippen MR) is 80.5 cm³/mol. The summed E-state index contributed by atoms with van der Waals surface area (Å²) in [7, 11) is 0. The molecule has 19 heavy (non-hydrogen) atoms. The van der Waals surface area contributed by atoms with Crippen LogP contribution in [0.15, 0.2) is 24.3 Å². The Hall–Kier alpha value is -1.22. The fraction of sp³-hybridized carbons (Fsp3) is 0.500. The summed E-state index contributed by atoms with van der Waals surface area (Å²) < 4.78 is 0. The highest BCUT2D eigenvalue weighted by atomic mass is 32.1. The molecule has 0 atom stereocenters. The molecule has 2 aromatic rings. The molecule has 0 aliphatic heterocycles. The smallest absolute Gasteiger partial charge is 0.143 e. The maximum Gasteiger partial charge on any atom is 0.147 e. The van der Waals surface area contributed by atoms with Gasteiger partial charge in [-0.2, -0.15) is 0 Å². The van der Waals surface area contributed by atoms with Crippen LogP contribution >= 0.6 is 11.3 Å². The van der Waals surface area contributed by atoms with Crippen molar-refractivity contribution in [1.82, 2.24) is 10.2 Å². The second-order valence-electron chi connectivity index (χ2n) is 5.77. The molecule has 0 N–H and O–H groups in total. The largest absolute Gasteiger partial charge is 0.147 e. The lowest BCUT2D eigenvalue weighted by Crippen LogP contribution is -2.10. The van der Waals surface area contributed by atoms with Gasteiger partial charge in [-0.1, -0.05) is 60.9 Å². The Morgan fingerprint density at radius 1 is 1.00 bits per heavy atom. The normalized spacial score (nSPS) is 23.5. The summed E-state index contributed by atoms with van der Waals surface area (Å²) >= 11 is 1.78. The van der Waals surface area contributed by atoms with Crippen LogP contribution in [0.4, 0.5) is 0 Å². The first kappa shape index (κ1) is 12.8. The minimum Gasteiger partial charge on any atom is -0.143 e. The Kier molecular flexibility index (Phi) is 3.65. The third-order valence-corrected chi connectivity index (χ3v) is 5.24.